The molecule has 0 N–H and O–H groups in total. The first kappa shape index (κ1) is 19.9. The molecule has 0 saturated heterocycles. The van der Waals surface area contributed by atoms with Crippen LogP contribution in [-0.4, -0.2) is 13.0 Å². The number of thiazole rings is 1. The van der Waals surface area contributed by atoms with E-state index in [-0.39, 0.29) is 15.3 Å². The monoisotopic (exact) mass is 432 g/mol. The molecule has 1 aliphatic rings. The highest BCUT2D eigenvalue weighted by molar-refractivity contribution is 7.90. The van der Waals surface area contributed by atoms with Crippen molar-refractivity contribution in [1.29, 1.82) is 0 Å². The molecule has 0 aliphatic heterocycles. The summed E-state index contributed by atoms with van der Waals surface area (Å²) in [4.78, 5) is 1.72. The van der Waals surface area contributed by atoms with Crippen LogP contribution >= 0.6 is 34.5 Å². The fourth-order valence-corrected chi connectivity index (χ4v) is 5.61. The third-order valence-electron chi connectivity index (χ3n) is 4.36. The zero-order valence-electron chi connectivity index (χ0n) is 15.2. The Morgan fingerprint density at radius 2 is 1.88 bits per heavy atom. The van der Waals surface area contributed by atoms with Gasteiger partial charge in [0.15, 0.2) is 0 Å². The Bertz CT molecular complexity index is 1010. The topological polar surface area (TPSA) is 51.4 Å². The summed E-state index contributed by atoms with van der Waals surface area (Å²) in [6, 6.07) is 4.26. The highest BCUT2D eigenvalue weighted by Gasteiger charge is 2.27. The molecule has 142 valence electrons. The maximum atomic E-state index is 12.8. The Morgan fingerprint density at radius 3 is 2.42 bits per heavy atom. The number of aromatic nitrogens is 1. The number of hydrogen-bond acceptors (Lipinski definition) is 3. The number of benzene rings is 1. The van der Waals surface area contributed by atoms with Crippen LogP contribution in [0.3, 0.4) is 0 Å². The van der Waals surface area contributed by atoms with Gasteiger partial charge in [-0.3, -0.25) is 0 Å². The summed E-state index contributed by atoms with van der Waals surface area (Å²) in [6.45, 7) is 9.25. The minimum Gasteiger partial charge on any atom is -0.320 e. The third-order valence-corrected chi connectivity index (χ3v) is 8.09. The second-order valence-electron chi connectivity index (χ2n) is 7.75. The zero-order valence-corrected chi connectivity index (χ0v) is 18.4. The van der Waals surface area contributed by atoms with Crippen LogP contribution < -0.4 is 4.80 Å². The normalized spacial score (nSPS) is 16.3. The number of hydrogen-bond donors (Lipinski definition) is 0. The van der Waals surface area contributed by atoms with Gasteiger partial charge in [-0.2, -0.15) is 8.42 Å². The molecule has 0 amide bonds. The van der Waals surface area contributed by atoms with Crippen LogP contribution in [0.2, 0.25) is 10.0 Å². The van der Waals surface area contributed by atoms with E-state index < -0.39 is 10.0 Å². The summed E-state index contributed by atoms with van der Waals surface area (Å²) in [6.07, 6.45) is 2.37. The predicted octanol–water partition coefficient (Wildman–Crippen LogP) is 5.16. The van der Waals surface area contributed by atoms with Crippen molar-refractivity contribution in [1.82, 2.24) is 4.57 Å². The second-order valence-corrected chi connectivity index (χ2v) is 11.1. The van der Waals surface area contributed by atoms with Gasteiger partial charge in [0.05, 0.1) is 14.9 Å². The van der Waals surface area contributed by atoms with Crippen molar-refractivity contribution in [3.05, 3.63) is 43.6 Å². The molecule has 0 atom stereocenters. The van der Waals surface area contributed by atoms with Crippen molar-refractivity contribution in [3.8, 4) is 0 Å². The lowest BCUT2D eigenvalue weighted by molar-refractivity contribution is 0.562. The third kappa shape index (κ3) is 4.19. The first-order chi connectivity index (χ1) is 12.0. The molecule has 1 heterocycles. The molecule has 3 rings (SSSR count). The van der Waals surface area contributed by atoms with Crippen LogP contribution in [0.1, 0.15) is 44.2 Å². The van der Waals surface area contributed by atoms with Crippen LogP contribution in [0.5, 0.6) is 0 Å². The van der Waals surface area contributed by atoms with Crippen molar-refractivity contribution in [2.24, 2.45) is 10.3 Å². The number of sulfonamides is 1. The minimum absolute atomic E-state index is 0.0493. The van der Waals surface area contributed by atoms with Gasteiger partial charge >= 0.3 is 0 Å². The lowest BCUT2D eigenvalue weighted by Gasteiger charge is -2.17. The van der Waals surface area contributed by atoms with Crippen LogP contribution in [0.15, 0.2) is 27.5 Å². The van der Waals surface area contributed by atoms with E-state index in [2.05, 4.69) is 29.7 Å². The Morgan fingerprint density at radius 1 is 1.23 bits per heavy atom. The number of halogens is 2. The van der Waals surface area contributed by atoms with Gasteiger partial charge in [0.1, 0.15) is 0 Å². The van der Waals surface area contributed by atoms with Gasteiger partial charge in [0, 0.05) is 17.1 Å². The van der Waals surface area contributed by atoms with Crippen LogP contribution in [0, 0.1) is 12.8 Å². The Labute approximate surface area is 168 Å². The summed E-state index contributed by atoms with van der Waals surface area (Å²) >= 11 is 13.3. The molecule has 2 aromatic rings. The summed E-state index contributed by atoms with van der Waals surface area (Å²) in [7, 11) is -3.87. The molecular weight excluding hydrogens is 411 g/mol. The highest BCUT2D eigenvalue weighted by atomic mass is 35.5. The van der Waals surface area contributed by atoms with Gasteiger partial charge in [-0.15, -0.1) is 15.7 Å². The summed E-state index contributed by atoms with van der Waals surface area (Å²) in [5, 5.41) is 0.517. The summed E-state index contributed by atoms with van der Waals surface area (Å²) < 4.78 is 31.8. The Hall–Kier alpha value is -0.820. The van der Waals surface area contributed by atoms with Crippen molar-refractivity contribution >= 4 is 44.6 Å². The Balaban J connectivity index is 2.15. The van der Waals surface area contributed by atoms with Crippen molar-refractivity contribution in [2.75, 3.05) is 0 Å². The summed E-state index contributed by atoms with van der Waals surface area (Å²) in [5.41, 5.74) is 1.03. The maximum Gasteiger partial charge on any atom is 0.285 e. The minimum atomic E-state index is -3.87. The quantitative estimate of drug-likeness (QED) is 0.669. The van der Waals surface area contributed by atoms with Crippen molar-refractivity contribution in [2.45, 2.75) is 57.4 Å². The SMILES string of the molecule is Cc1c(C(C)(C)C)sc(=NS(=O)(=O)c2ccc(Cl)c(Cl)c2)n1CC1CC1. The molecule has 1 fully saturated rings. The van der Waals surface area contributed by atoms with E-state index in [1.807, 2.05) is 6.92 Å². The molecule has 1 aliphatic carbocycles. The number of nitrogens with zero attached hydrogens (tertiary/aromatic N) is 2. The fraction of sp³-hybridized carbons (Fsp3) is 0.500. The van der Waals surface area contributed by atoms with E-state index >= 15 is 0 Å². The molecule has 0 spiro atoms. The van der Waals surface area contributed by atoms with Gasteiger partial charge in [0.2, 0.25) is 4.80 Å². The lowest BCUT2D eigenvalue weighted by Crippen LogP contribution is -2.20. The smallest absolute Gasteiger partial charge is 0.285 e. The molecule has 0 unspecified atom stereocenters. The molecule has 1 aromatic heterocycles. The van der Waals surface area contributed by atoms with E-state index in [9.17, 15) is 8.42 Å². The molecule has 1 saturated carbocycles. The maximum absolute atomic E-state index is 12.8. The highest BCUT2D eigenvalue weighted by Crippen LogP contribution is 2.34. The van der Waals surface area contributed by atoms with E-state index in [1.165, 1.54) is 42.4 Å². The molecule has 8 heteroatoms. The molecule has 4 nitrogen and oxygen atoms in total. The van der Waals surface area contributed by atoms with Gasteiger partial charge in [-0.05, 0) is 49.3 Å². The Kier molecular flexibility index (Phi) is 5.34. The molecule has 0 bridgehead atoms. The van der Waals surface area contributed by atoms with Gasteiger partial charge in [-0.25, -0.2) is 0 Å². The van der Waals surface area contributed by atoms with Crippen LogP contribution in [0.4, 0.5) is 0 Å². The molecule has 26 heavy (non-hydrogen) atoms. The van der Waals surface area contributed by atoms with Gasteiger partial charge in [0.25, 0.3) is 10.0 Å². The van der Waals surface area contributed by atoms with Crippen LogP contribution in [0.25, 0.3) is 0 Å². The largest absolute Gasteiger partial charge is 0.320 e. The van der Waals surface area contributed by atoms with Gasteiger partial charge in [-0.1, -0.05) is 44.0 Å². The van der Waals surface area contributed by atoms with E-state index in [1.54, 1.807) is 0 Å². The van der Waals surface area contributed by atoms with Crippen LogP contribution in [-0.2, 0) is 22.0 Å². The molecule has 1 aromatic carbocycles. The average Bonchev–Trinajstić information content (AvgIpc) is 3.28. The first-order valence-corrected chi connectivity index (χ1v) is 11.5. The molecular formula is C18H22Cl2N2O2S2. The van der Waals surface area contributed by atoms with E-state index in [4.69, 9.17) is 23.2 Å². The predicted molar refractivity (Wildman–Crippen MR) is 108 cm³/mol. The first-order valence-electron chi connectivity index (χ1n) is 8.46. The number of rotatable bonds is 4. The fourth-order valence-electron chi connectivity index (χ4n) is 2.82. The van der Waals surface area contributed by atoms with E-state index in [0.717, 1.165) is 17.1 Å². The van der Waals surface area contributed by atoms with Gasteiger partial charge < -0.3 is 4.57 Å². The summed E-state index contributed by atoms with van der Waals surface area (Å²) in [5.74, 6) is 0.614. The van der Waals surface area contributed by atoms with E-state index in [0.29, 0.717) is 15.7 Å². The van der Waals surface area contributed by atoms with Crippen molar-refractivity contribution in [3.63, 3.8) is 0 Å². The molecule has 0 radical (unpaired) electrons. The average molecular weight is 433 g/mol. The second kappa shape index (κ2) is 6.97. The zero-order chi connectivity index (χ0) is 19.3. The lowest BCUT2D eigenvalue weighted by atomic mass is 9.93. The van der Waals surface area contributed by atoms with Crippen molar-refractivity contribution < 1.29 is 8.42 Å². The standard InChI is InChI=1S/C18H22Cl2N2O2S2/c1-11-16(18(2,3)4)25-17(22(11)10-12-5-6-12)21-26(23,24)13-7-8-14(19)15(20)9-13/h7-9,12H,5-6,10H2,1-4H3.